The molecule has 0 saturated carbocycles. The monoisotopic (exact) mass is 358 g/mol. The maximum Gasteiger partial charge on any atom is 0.416 e. The third-order valence-electron chi connectivity index (χ3n) is 3.27. The molecule has 0 saturated heterocycles. The second-order valence-electron chi connectivity index (χ2n) is 5.16. The first kappa shape index (κ1) is 16.0. The van der Waals surface area contributed by atoms with Crippen LogP contribution in [0, 0.1) is 0 Å². The zero-order valence-electron chi connectivity index (χ0n) is 11.3. The van der Waals surface area contributed by atoms with E-state index in [9.17, 15) is 18.3 Å². The standard InChI is InChI=1S/C16H14BrF3O/c1-15(21,10-11-5-7-14(17)8-6-11)12-3-2-4-13(9-12)16(18,19)20/h2-9,21H,10H2,1H3. The lowest BCUT2D eigenvalue weighted by molar-refractivity contribution is -0.137. The van der Waals surface area contributed by atoms with Crippen LogP contribution in [-0.4, -0.2) is 5.11 Å². The van der Waals surface area contributed by atoms with E-state index in [-0.39, 0.29) is 12.0 Å². The summed E-state index contributed by atoms with van der Waals surface area (Å²) in [6, 6.07) is 12.1. The third kappa shape index (κ3) is 4.08. The highest BCUT2D eigenvalue weighted by molar-refractivity contribution is 9.10. The summed E-state index contributed by atoms with van der Waals surface area (Å²) in [7, 11) is 0. The fourth-order valence-electron chi connectivity index (χ4n) is 2.13. The van der Waals surface area contributed by atoms with Crippen molar-refractivity contribution in [3.05, 3.63) is 69.7 Å². The molecule has 112 valence electrons. The number of aliphatic hydroxyl groups is 1. The molecule has 2 aromatic rings. The van der Waals surface area contributed by atoms with E-state index in [0.29, 0.717) is 0 Å². The number of alkyl halides is 3. The van der Waals surface area contributed by atoms with Crippen LogP contribution in [0.2, 0.25) is 0 Å². The molecule has 0 bridgehead atoms. The molecular formula is C16H14BrF3O. The molecule has 0 aliphatic heterocycles. The molecular weight excluding hydrogens is 345 g/mol. The molecule has 2 aromatic carbocycles. The van der Waals surface area contributed by atoms with Gasteiger partial charge >= 0.3 is 6.18 Å². The SMILES string of the molecule is CC(O)(Cc1ccc(Br)cc1)c1cccc(C(F)(F)F)c1. The lowest BCUT2D eigenvalue weighted by Crippen LogP contribution is -2.25. The van der Waals surface area contributed by atoms with Gasteiger partial charge in [-0.15, -0.1) is 0 Å². The molecule has 0 heterocycles. The first-order valence-corrected chi connectivity index (χ1v) is 7.12. The van der Waals surface area contributed by atoms with E-state index in [1.165, 1.54) is 19.1 Å². The number of hydrogen-bond acceptors (Lipinski definition) is 1. The van der Waals surface area contributed by atoms with Crippen LogP contribution in [-0.2, 0) is 18.2 Å². The summed E-state index contributed by atoms with van der Waals surface area (Å²) in [4.78, 5) is 0. The quantitative estimate of drug-likeness (QED) is 0.825. The Kier molecular flexibility index (Phi) is 4.44. The molecule has 0 aliphatic carbocycles. The predicted octanol–water partition coefficient (Wildman–Crippen LogP) is 4.92. The molecule has 0 fully saturated rings. The third-order valence-corrected chi connectivity index (χ3v) is 3.80. The topological polar surface area (TPSA) is 20.2 Å². The van der Waals surface area contributed by atoms with Crippen molar-refractivity contribution in [2.24, 2.45) is 0 Å². The van der Waals surface area contributed by atoms with Crippen LogP contribution >= 0.6 is 15.9 Å². The van der Waals surface area contributed by atoms with Crippen molar-refractivity contribution in [2.75, 3.05) is 0 Å². The molecule has 1 nitrogen and oxygen atoms in total. The summed E-state index contributed by atoms with van der Waals surface area (Å²) < 4.78 is 39.1. The molecule has 1 unspecified atom stereocenters. The fourth-order valence-corrected chi connectivity index (χ4v) is 2.40. The van der Waals surface area contributed by atoms with Gasteiger partial charge in [0.1, 0.15) is 0 Å². The minimum absolute atomic E-state index is 0.238. The van der Waals surface area contributed by atoms with Gasteiger partial charge < -0.3 is 5.11 Å². The second kappa shape index (κ2) is 5.81. The van der Waals surface area contributed by atoms with Crippen molar-refractivity contribution in [1.29, 1.82) is 0 Å². The Hall–Kier alpha value is -1.33. The summed E-state index contributed by atoms with van der Waals surface area (Å²) in [5.74, 6) is 0. The number of hydrogen-bond donors (Lipinski definition) is 1. The van der Waals surface area contributed by atoms with E-state index < -0.39 is 17.3 Å². The Bertz CT molecular complexity index is 618. The van der Waals surface area contributed by atoms with Crippen molar-refractivity contribution >= 4 is 15.9 Å². The van der Waals surface area contributed by atoms with E-state index in [2.05, 4.69) is 15.9 Å². The van der Waals surface area contributed by atoms with E-state index >= 15 is 0 Å². The highest BCUT2D eigenvalue weighted by atomic mass is 79.9. The zero-order valence-corrected chi connectivity index (χ0v) is 12.9. The Morgan fingerprint density at radius 2 is 1.57 bits per heavy atom. The van der Waals surface area contributed by atoms with Gasteiger partial charge in [-0.2, -0.15) is 13.2 Å². The molecule has 5 heteroatoms. The molecule has 1 atom stereocenters. The van der Waals surface area contributed by atoms with E-state index in [0.717, 1.165) is 22.2 Å². The zero-order chi connectivity index (χ0) is 15.7. The Labute approximate surface area is 129 Å². The van der Waals surface area contributed by atoms with Crippen molar-refractivity contribution < 1.29 is 18.3 Å². The summed E-state index contributed by atoms with van der Waals surface area (Å²) in [5, 5.41) is 10.5. The highest BCUT2D eigenvalue weighted by Crippen LogP contribution is 2.33. The average Bonchev–Trinajstić information content (AvgIpc) is 2.40. The lowest BCUT2D eigenvalue weighted by atomic mass is 9.88. The smallest absolute Gasteiger partial charge is 0.385 e. The maximum atomic E-state index is 12.7. The van der Waals surface area contributed by atoms with Gasteiger partial charge in [-0.1, -0.05) is 40.2 Å². The van der Waals surface area contributed by atoms with Gasteiger partial charge in [0.2, 0.25) is 0 Å². The van der Waals surface area contributed by atoms with Crippen LogP contribution in [0.25, 0.3) is 0 Å². The van der Waals surface area contributed by atoms with E-state index in [4.69, 9.17) is 0 Å². The molecule has 21 heavy (non-hydrogen) atoms. The molecule has 0 amide bonds. The Morgan fingerprint density at radius 3 is 2.14 bits per heavy atom. The van der Waals surface area contributed by atoms with Gasteiger partial charge in [0.05, 0.1) is 11.2 Å². The summed E-state index contributed by atoms with van der Waals surface area (Å²) >= 11 is 3.31. The maximum absolute atomic E-state index is 12.7. The van der Waals surface area contributed by atoms with E-state index in [1.807, 2.05) is 24.3 Å². The van der Waals surface area contributed by atoms with Gasteiger partial charge in [-0.3, -0.25) is 0 Å². The predicted molar refractivity (Wildman–Crippen MR) is 78.9 cm³/mol. The molecule has 0 aromatic heterocycles. The van der Waals surface area contributed by atoms with Crippen LogP contribution < -0.4 is 0 Å². The largest absolute Gasteiger partial charge is 0.416 e. The normalized spacial score (nSPS) is 14.8. The molecule has 0 aliphatic rings. The Morgan fingerprint density at radius 1 is 1.00 bits per heavy atom. The molecule has 1 N–H and O–H groups in total. The average molecular weight is 359 g/mol. The lowest BCUT2D eigenvalue weighted by Gasteiger charge is -2.25. The van der Waals surface area contributed by atoms with Gasteiger partial charge in [-0.05, 0) is 42.3 Å². The van der Waals surface area contributed by atoms with Crippen molar-refractivity contribution in [2.45, 2.75) is 25.1 Å². The Balaban J connectivity index is 2.28. The highest BCUT2D eigenvalue weighted by Gasteiger charge is 2.32. The molecule has 2 rings (SSSR count). The second-order valence-corrected chi connectivity index (χ2v) is 6.07. The summed E-state index contributed by atoms with van der Waals surface area (Å²) in [6.07, 6.45) is -4.18. The van der Waals surface area contributed by atoms with E-state index in [1.54, 1.807) is 0 Å². The van der Waals surface area contributed by atoms with Crippen molar-refractivity contribution in [1.82, 2.24) is 0 Å². The van der Waals surface area contributed by atoms with Crippen molar-refractivity contribution in [3.8, 4) is 0 Å². The molecule has 0 radical (unpaired) electrons. The van der Waals surface area contributed by atoms with Gasteiger partial charge in [0.15, 0.2) is 0 Å². The minimum Gasteiger partial charge on any atom is -0.385 e. The number of benzene rings is 2. The van der Waals surface area contributed by atoms with Crippen LogP contribution in [0.5, 0.6) is 0 Å². The van der Waals surface area contributed by atoms with Crippen LogP contribution in [0.1, 0.15) is 23.6 Å². The number of halogens is 4. The molecule has 0 spiro atoms. The van der Waals surface area contributed by atoms with Crippen LogP contribution in [0.15, 0.2) is 53.0 Å². The van der Waals surface area contributed by atoms with Crippen LogP contribution in [0.3, 0.4) is 0 Å². The van der Waals surface area contributed by atoms with Gasteiger partial charge in [0, 0.05) is 10.9 Å². The van der Waals surface area contributed by atoms with Gasteiger partial charge in [-0.25, -0.2) is 0 Å². The number of rotatable bonds is 3. The minimum atomic E-state index is -4.41. The first-order valence-electron chi connectivity index (χ1n) is 6.33. The fraction of sp³-hybridized carbons (Fsp3) is 0.250. The van der Waals surface area contributed by atoms with Crippen molar-refractivity contribution in [3.63, 3.8) is 0 Å². The summed E-state index contributed by atoms with van der Waals surface area (Å²) in [5.41, 5.74) is -1.02. The van der Waals surface area contributed by atoms with Crippen LogP contribution in [0.4, 0.5) is 13.2 Å². The summed E-state index contributed by atoms with van der Waals surface area (Å²) in [6.45, 7) is 1.52. The first-order chi connectivity index (χ1) is 9.68. The van der Waals surface area contributed by atoms with Gasteiger partial charge in [0.25, 0.3) is 0 Å².